The van der Waals surface area contributed by atoms with Gasteiger partial charge in [-0.2, -0.15) is 4.98 Å². The summed E-state index contributed by atoms with van der Waals surface area (Å²) in [6.45, 7) is 4.76. The van der Waals surface area contributed by atoms with E-state index in [0.29, 0.717) is 23.4 Å². The summed E-state index contributed by atoms with van der Waals surface area (Å²) in [5.74, 6) is 1.43. The van der Waals surface area contributed by atoms with Gasteiger partial charge in [-0.25, -0.2) is 9.78 Å². The zero-order valence-corrected chi connectivity index (χ0v) is 16.8. The van der Waals surface area contributed by atoms with E-state index < -0.39 is 0 Å². The first-order valence-electron chi connectivity index (χ1n) is 10.0. The van der Waals surface area contributed by atoms with Crippen LogP contribution in [0.25, 0.3) is 0 Å². The molecule has 1 aliphatic heterocycles. The standard InChI is InChI=1S/C19H27N5O2S/c1-12(2)17-21-16(23-26-17)14-9-4-3-7-11-24(14)19(25)22-18-20-13-8-5-6-10-15(13)27-18/h12,14H,3-11H2,1-2H3,(H,20,22,25). The highest BCUT2D eigenvalue weighted by molar-refractivity contribution is 7.15. The zero-order chi connectivity index (χ0) is 18.8. The maximum atomic E-state index is 13.1. The minimum Gasteiger partial charge on any atom is -0.339 e. The van der Waals surface area contributed by atoms with Crippen molar-refractivity contribution >= 4 is 22.5 Å². The van der Waals surface area contributed by atoms with Gasteiger partial charge in [-0.1, -0.05) is 31.8 Å². The van der Waals surface area contributed by atoms with Crippen LogP contribution in [0.1, 0.15) is 86.6 Å². The highest BCUT2D eigenvalue weighted by atomic mass is 32.1. The molecule has 1 N–H and O–H groups in total. The molecule has 3 heterocycles. The van der Waals surface area contributed by atoms with Crippen molar-refractivity contribution in [1.29, 1.82) is 0 Å². The lowest BCUT2D eigenvalue weighted by molar-refractivity contribution is 0.184. The van der Waals surface area contributed by atoms with E-state index in [0.717, 1.165) is 44.2 Å². The third-order valence-corrected chi connectivity index (χ3v) is 6.40. The van der Waals surface area contributed by atoms with Gasteiger partial charge < -0.3 is 9.42 Å². The van der Waals surface area contributed by atoms with Crippen LogP contribution < -0.4 is 5.32 Å². The number of anilines is 1. The van der Waals surface area contributed by atoms with E-state index >= 15 is 0 Å². The quantitative estimate of drug-likeness (QED) is 0.824. The van der Waals surface area contributed by atoms with Gasteiger partial charge in [-0.05, 0) is 38.5 Å². The average Bonchev–Trinajstić information content (AvgIpc) is 3.22. The number of carbonyl (C=O) groups excluding carboxylic acids is 1. The van der Waals surface area contributed by atoms with Crippen molar-refractivity contribution in [3.05, 3.63) is 22.3 Å². The molecule has 2 aliphatic rings. The Kier molecular flexibility index (Phi) is 5.43. The van der Waals surface area contributed by atoms with Gasteiger partial charge in [0.25, 0.3) is 0 Å². The van der Waals surface area contributed by atoms with E-state index in [9.17, 15) is 4.79 Å². The van der Waals surface area contributed by atoms with Gasteiger partial charge >= 0.3 is 6.03 Å². The second-order valence-corrected chi connectivity index (χ2v) is 8.81. The first-order chi connectivity index (χ1) is 13.1. The summed E-state index contributed by atoms with van der Waals surface area (Å²) < 4.78 is 5.39. The number of rotatable bonds is 3. The molecule has 0 saturated carbocycles. The molecule has 2 amide bonds. The van der Waals surface area contributed by atoms with Gasteiger partial charge in [-0.3, -0.25) is 5.32 Å². The lowest BCUT2D eigenvalue weighted by Gasteiger charge is -2.27. The molecule has 1 unspecified atom stereocenters. The Labute approximate surface area is 163 Å². The van der Waals surface area contributed by atoms with Crippen molar-refractivity contribution in [3.8, 4) is 0 Å². The Morgan fingerprint density at radius 2 is 2.04 bits per heavy atom. The minimum atomic E-state index is -0.140. The van der Waals surface area contributed by atoms with Crippen LogP contribution in [0.15, 0.2) is 4.52 Å². The maximum Gasteiger partial charge on any atom is 0.324 e. The van der Waals surface area contributed by atoms with Crippen molar-refractivity contribution in [2.75, 3.05) is 11.9 Å². The Hall–Kier alpha value is -1.96. The molecular weight excluding hydrogens is 362 g/mol. The van der Waals surface area contributed by atoms with Crippen LogP contribution in [-0.4, -0.2) is 32.6 Å². The Bertz CT molecular complexity index is 776. The molecule has 2 aromatic rings. The van der Waals surface area contributed by atoms with Crippen molar-refractivity contribution in [1.82, 2.24) is 20.0 Å². The lowest BCUT2D eigenvalue weighted by Crippen LogP contribution is -2.38. The molecule has 4 rings (SSSR count). The molecule has 2 aromatic heterocycles. The van der Waals surface area contributed by atoms with Crippen molar-refractivity contribution in [2.24, 2.45) is 0 Å². The van der Waals surface area contributed by atoms with E-state index in [-0.39, 0.29) is 18.0 Å². The summed E-state index contributed by atoms with van der Waals surface area (Å²) in [4.78, 5) is 25.4. The van der Waals surface area contributed by atoms with E-state index in [4.69, 9.17) is 4.52 Å². The van der Waals surface area contributed by atoms with E-state index in [1.54, 1.807) is 11.3 Å². The molecule has 1 atom stereocenters. The van der Waals surface area contributed by atoms with Gasteiger partial charge in [0, 0.05) is 17.3 Å². The largest absolute Gasteiger partial charge is 0.339 e. The summed E-state index contributed by atoms with van der Waals surface area (Å²) in [5.41, 5.74) is 1.16. The van der Waals surface area contributed by atoms with E-state index in [2.05, 4.69) is 20.4 Å². The number of fused-ring (bicyclic) bond motifs is 1. The molecular formula is C19H27N5O2S. The number of nitrogens with zero attached hydrogens (tertiary/aromatic N) is 4. The Morgan fingerprint density at radius 1 is 1.19 bits per heavy atom. The highest BCUT2D eigenvalue weighted by Gasteiger charge is 2.31. The lowest BCUT2D eigenvalue weighted by atomic mass is 10.0. The topological polar surface area (TPSA) is 84.2 Å². The summed E-state index contributed by atoms with van der Waals surface area (Å²) in [5, 5.41) is 7.92. The fraction of sp³-hybridized carbons (Fsp3) is 0.684. The maximum absolute atomic E-state index is 13.1. The van der Waals surface area contributed by atoms with Crippen molar-refractivity contribution < 1.29 is 9.32 Å². The number of aryl methyl sites for hydroxylation is 2. The van der Waals surface area contributed by atoms with Crippen molar-refractivity contribution in [2.45, 2.75) is 77.2 Å². The number of urea groups is 1. The molecule has 0 bridgehead atoms. The number of likely N-dealkylation sites (tertiary alicyclic amines) is 1. The molecule has 0 radical (unpaired) electrons. The predicted octanol–water partition coefficient (Wildman–Crippen LogP) is 4.68. The molecule has 0 aromatic carbocycles. The van der Waals surface area contributed by atoms with E-state index in [1.165, 1.54) is 17.7 Å². The number of thiazole rings is 1. The van der Waals surface area contributed by atoms with Crippen LogP contribution in [0.5, 0.6) is 0 Å². The number of aromatic nitrogens is 3. The summed E-state index contributed by atoms with van der Waals surface area (Å²) in [6.07, 6.45) is 8.53. The average molecular weight is 390 g/mol. The van der Waals surface area contributed by atoms with Crippen LogP contribution in [0.2, 0.25) is 0 Å². The third-order valence-electron chi connectivity index (χ3n) is 5.32. The molecule has 0 spiro atoms. The fourth-order valence-corrected chi connectivity index (χ4v) is 4.85. The van der Waals surface area contributed by atoms with Gasteiger partial charge in [0.05, 0.1) is 11.7 Å². The van der Waals surface area contributed by atoms with Crippen LogP contribution in [0.3, 0.4) is 0 Å². The SMILES string of the molecule is CC(C)c1nc(C2CCCCCN2C(=O)Nc2nc3c(s2)CCCC3)no1. The molecule has 27 heavy (non-hydrogen) atoms. The smallest absolute Gasteiger partial charge is 0.324 e. The molecule has 7 nitrogen and oxygen atoms in total. The number of amides is 2. The van der Waals surface area contributed by atoms with Crippen LogP contribution in [0, 0.1) is 0 Å². The molecule has 1 saturated heterocycles. The van der Waals surface area contributed by atoms with Crippen LogP contribution in [0.4, 0.5) is 9.93 Å². The van der Waals surface area contributed by atoms with Gasteiger partial charge in [0.15, 0.2) is 11.0 Å². The monoisotopic (exact) mass is 389 g/mol. The predicted molar refractivity (Wildman–Crippen MR) is 104 cm³/mol. The van der Waals surface area contributed by atoms with Gasteiger partial charge in [0.1, 0.15) is 0 Å². The Morgan fingerprint density at radius 3 is 2.81 bits per heavy atom. The van der Waals surface area contributed by atoms with Crippen LogP contribution in [-0.2, 0) is 12.8 Å². The van der Waals surface area contributed by atoms with Gasteiger partial charge in [-0.15, -0.1) is 11.3 Å². The fourth-order valence-electron chi connectivity index (χ4n) is 3.81. The third kappa shape index (κ3) is 4.00. The summed E-state index contributed by atoms with van der Waals surface area (Å²) in [7, 11) is 0. The van der Waals surface area contributed by atoms with Crippen molar-refractivity contribution in [3.63, 3.8) is 0 Å². The second kappa shape index (κ2) is 7.96. The summed E-state index contributed by atoms with van der Waals surface area (Å²) in [6, 6.07) is -0.248. The normalized spacial score (nSPS) is 20.4. The minimum absolute atomic E-state index is 0.108. The van der Waals surface area contributed by atoms with Gasteiger partial charge in [0.2, 0.25) is 5.89 Å². The molecule has 1 aliphatic carbocycles. The first kappa shape index (κ1) is 18.4. The van der Waals surface area contributed by atoms with Crippen LogP contribution >= 0.6 is 11.3 Å². The highest BCUT2D eigenvalue weighted by Crippen LogP contribution is 2.32. The molecule has 8 heteroatoms. The molecule has 146 valence electrons. The summed E-state index contributed by atoms with van der Waals surface area (Å²) >= 11 is 1.62. The zero-order valence-electron chi connectivity index (χ0n) is 16.0. The first-order valence-corrected chi connectivity index (χ1v) is 10.8. The van der Waals surface area contributed by atoms with E-state index in [1.807, 2.05) is 18.7 Å². The second-order valence-electron chi connectivity index (χ2n) is 7.73. The molecule has 1 fully saturated rings. The number of nitrogens with one attached hydrogen (secondary N) is 1. The number of hydrogen-bond donors (Lipinski definition) is 1. The Balaban J connectivity index is 1.52. The number of carbonyl (C=O) groups is 1. The number of hydrogen-bond acceptors (Lipinski definition) is 6.